The number of nitrogens with one attached hydrogen (secondary N) is 1. The number of ether oxygens (including phenoxy) is 1. The van der Waals surface area contributed by atoms with Gasteiger partial charge in [0.15, 0.2) is 0 Å². The Kier molecular flexibility index (Phi) is 14.2. The molecular formula is C23H43NO3. The third kappa shape index (κ3) is 12.1. The molecular weight excluding hydrogens is 338 g/mol. The molecule has 1 amide bonds. The fraction of sp³-hybridized carbons (Fsp3) is 0.913. The number of amides is 1. The summed E-state index contributed by atoms with van der Waals surface area (Å²) in [6.07, 6.45) is 20.3. The van der Waals surface area contributed by atoms with Crippen molar-refractivity contribution < 1.29 is 14.3 Å². The van der Waals surface area contributed by atoms with Crippen LogP contribution in [0, 0.1) is 0 Å². The molecule has 1 saturated heterocycles. The zero-order chi connectivity index (χ0) is 19.7. The Balaban J connectivity index is 1.91. The van der Waals surface area contributed by atoms with Gasteiger partial charge in [0.2, 0.25) is 5.91 Å². The van der Waals surface area contributed by atoms with E-state index in [0.29, 0.717) is 12.8 Å². The van der Waals surface area contributed by atoms with Crippen molar-refractivity contribution in [1.82, 2.24) is 5.32 Å². The molecule has 1 aliphatic rings. The Labute approximate surface area is 167 Å². The number of rotatable bonds is 17. The molecule has 1 aliphatic heterocycles. The zero-order valence-electron chi connectivity index (χ0n) is 17.9. The van der Waals surface area contributed by atoms with Gasteiger partial charge in [0.1, 0.15) is 12.1 Å². The van der Waals surface area contributed by atoms with Crippen molar-refractivity contribution in [3.8, 4) is 0 Å². The number of carbonyl (C=O) groups excluding carboxylic acids is 2. The maximum atomic E-state index is 12.1. The Morgan fingerprint density at radius 2 is 1.44 bits per heavy atom. The van der Waals surface area contributed by atoms with E-state index in [1.807, 2.05) is 0 Å². The van der Waals surface area contributed by atoms with Crippen LogP contribution in [0.4, 0.5) is 0 Å². The second kappa shape index (κ2) is 15.9. The van der Waals surface area contributed by atoms with Crippen LogP contribution in [0.5, 0.6) is 0 Å². The van der Waals surface area contributed by atoms with Crippen LogP contribution < -0.4 is 5.32 Å². The van der Waals surface area contributed by atoms with Crippen LogP contribution in [-0.2, 0) is 14.3 Å². The lowest BCUT2D eigenvalue weighted by atomic mass is 10.0. The second-order valence-electron chi connectivity index (χ2n) is 8.16. The van der Waals surface area contributed by atoms with E-state index < -0.39 is 6.04 Å². The Bertz CT molecular complexity index is 397. The van der Waals surface area contributed by atoms with E-state index >= 15 is 0 Å². The summed E-state index contributed by atoms with van der Waals surface area (Å²) < 4.78 is 5.59. The Hall–Kier alpha value is -1.06. The summed E-state index contributed by atoms with van der Waals surface area (Å²) in [5, 5.41) is 2.69. The number of hydrogen-bond acceptors (Lipinski definition) is 3. The normalized spacial score (nSPS) is 17.7. The molecule has 1 N–H and O–H groups in total. The van der Waals surface area contributed by atoms with Crippen LogP contribution in [0.25, 0.3) is 0 Å². The third-order valence-electron chi connectivity index (χ3n) is 5.65. The highest BCUT2D eigenvalue weighted by atomic mass is 16.5. The first-order valence-corrected chi connectivity index (χ1v) is 11.7. The third-order valence-corrected chi connectivity index (χ3v) is 5.65. The van der Waals surface area contributed by atoms with Crippen LogP contribution in [0.1, 0.15) is 123 Å². The van der Waals surface area contributed by atoms with E-state index in [4.69, 9.17) is 4.74 Å². The van der Waals surface area contributed by atoms with Crippen molar-refractivity contribution in [3.63, 3.8) is 0 Å². The van der Waals surface area contributed by atoms with Gasteiger partial charge in [-0.2, -0.15) is 0 Å². The number of hydrogen-bond donors (Lipinski definition) is 1. The van der Waals surface area contributed by atoms with E-state index in [1.54, 1.807) is 0 Å². The fourth-order valence-corrected chi connectivity index (χ4v) is 3.77. The Morgan fingerprint density at radius 1 is 0.926 bits per heavy atom. The summed E-state index contributed by atoms with van der Waals surface area (Å²) >= 11 is 0. The quantitative estimate of drug-likeness (QED) is 0.246. The van der Waals surface area contributed by atoms with E-state index in [0.717, 1.165) is 19.3 Å². The van der Waals surface area contributed by atoms with Crippen LogP contribution >= 0.6 is 0 Å². The summed E-state index contributed by atoms with van der Waals surface area (Å²) in [4.78, 5) is 23.3. The molecule has 0 saturated carbocycles. The van der Waals surface area contributed by atoms with Crippen LogP contribution in [0.2, 0.25) is 0 Å². The number of carbonyl (C=O) groups is 2. The summed E-state index contributed by atoms with van der Waals surface area (Å²) in [6.45, 7) is 4.33. The van der Waals surface area contributed by atoms with Crippen molar-refractivity contribution in [2.75, 3.05) is 0 Å². The first-order chi connectivity index (χ1) is 13.2. The van der Waals surface area contributed by atoms with Gasteiger partial charge in [0.05, 0.1) is 0 Å². The highest BCUT2D eigenvalue weighted by Crippen LogP contribution is 2.16. The molecule has 1 heterocycles. The van der Waals surface area contributed by atoms with E-state index in [2.05, 4.69) is 19.2 Å². The minimum atomic E-state index is -0.418. The molecule has 0 aromatic carbocycles. The molecule has 0 spiro atoms. The predicted octanol–water partition coefficient (Wildman–Crippen LogP) is 6.07. The molecule has 4 heteroatoms. The minimum absolute atomic E-state index is 0.00251. The lowest BCUT2D eigenvalue weighted by Crippen LogP contribution is -2.36. The van der Waals surface area contributed by atoms with Gasteiger partial charge in [-0.15, -0.1) is 0 Å². The number of unbranched alkanes of at least 4 members (excludes halogenated alkanes) is 12. The molecule has 0 aromatic rings. The van der Waals surface area contributed by atoms with Crippen LogP contribution in [-0.4, -0.2) is 24.0 Å². The van der Waals surface area contributed by atoms with Crippen LogP contribution in [0.15, 0.2) is 0 Å². The lowest BCUT2D eigenvalue weighted by molar-refractivity contribution is -0.152. The zero-order valence-corrected chi connectivity index (χ0v) is 17.9. The van der Waals surface area contributed by atoms with Crippen molar-refractivity contribution >= 4 is 11.9 Å². The van der Waals surface area contributed by atoms with Gasteiger partial charge in [0.25, 0.3) is 0 Å². The standard InChI is InChI=1S/C23H43NO3/c1-3-5-6-7-8-9-10-11-12-13-14-15-16-17-20(4-2)27-23(26)21-18-19-22(25)24-21/h20-21H,3-19H2,1-2H3,(H,24,25)/t20?,21-/m0/s1. The van der Waals surface area contributed by atoms with E-state index in [9.17, 15) is 9.59 Å². The van der Waals surface area contributed by atoms with E-state index in [-0.39, 0.29) is 18.0 Å². The summed E-state index contributed by atoms with van der Waals surface area (Å²) in [7, 11) is 0. The highest BCUT2D eigenvalue weighted by molar-refractivity contribution is 5.88. The summed E-state index contributed by atoms with van der Waals surface area (Å²) in [5.74, 6) is -0.288. The molecule has 1 unspecified atom stereocenters. The maximum Gasteiger partial charge on any atom is 0.328 e. The number of esters is 1. The summed E-state index contributed by atoms with van der Waals surface area (Å²) in [6, 6.07) is -0.418. The highest BCUT2D eigenvalue weighted by Gasteiger charge is 2.29. The average Bonchev–Trinajstić information content (AvgIpc) is 3.11. The first kappa shape index (κ1) is 24.0. The molecule has 4 nitrogen and oxygen atoms in total. The topological polar surface area (TPSA) is 55.4 Å². The van der Waals surface area contributed by atoms with Gasteiger partial charge < -0.3 is 10.1 Å². The molecule has 27 heavy (non-hydrogen) atoms. The fourth-order valence-electron chi connectivity index (χ4n) is 3.77. The van der Waals surface area contributed by atoms with Crippen LogP contribution in [0.3, 0.4) is 0 Å². The van der Waals surface area contributed by atoms with Crippen molar-refractivity contribution in [2.24, 2.45) is 0 Å². The van der Waals surface area contributed by atoms with Gasteiger partial charge in [-0.05, 0) is 25.7 Å². The molecule has 158 valence electrons. The van der Waals surface area contributed by atoms with E-state index in [1.165, 1.54) is 77.0 Å². The molecule has 0 bridgehead atoms. The second-order valence-corrected chi connectivity index (χ2v) is 8.16. The monoisotopic (exact) mass is 381 g/mol. The molecule has 1 rings (SSSR count). The molecule has 2 atom stereocenters. The van der Waals surface area contributed by atoms with Crippen molar-refractivity contribution in [3.05, 3.63) is 0 Å². The van der Waals surface area contributed by atoms with Crippen molar-refractivity contribution in [2.45, 2.75) is 135 Å². The first-order valence-electron chi connectivity index (χ1n) is 11.7. The van der Waals surface area contributed by atoms with Gasteiger partial charge in [-0.3, -0.25) is 4.79 Å². The molecule has 1 fully saturated rings. The van der Waals surface area contributed by atoms with Gasteiger partial charge in [-0.25, -0.2) is 4.79 Å². The maximum absolute atomic E-state index is 12.1. The minimum Gasteiger partial charge on any atom is -0.461 e. The van der Waals surface area contributed by atoms with Gasteiger partial charge in [0, 0.05) is 6.42 Å². The van der Waals surface area contributed by atoms with Crippen molar-refractivity contribution in [1.29, 1.82) is 0 Å². The molecule has 0 aliphatic carbocycles. The molecule has 0 radical (unpaired) electrons. The summed E-state index contributed by atoms with van der Waals surface area (Å²) in [5.41, 5.74) is 0. The Morgan fingerprint density at radius 3 is 1.89 bits per heavy atom. The largest absolute Gasteiger partial charge is 0.461 e. The van der Waals surface area contributed by atoms with Gasteiger partial charge in [-0.1, -0.05) is 90.9 Å². The molecule has 0 aromatic heterocycles. The lowest BCUT2D eigenvalue weighted by Gasteiger charge is -2.18. The van der Waals surface area contributed by atoms with Gasteiger partial charge >= 0.3 is 5.97 Å². The smallest absolute Gasteiger partial charge is 0.328 e. The predicted molar refractivity (Wildman–Crippen MR) is 112 cm³/mol. The average molecular weight is 382 g/mol. The SMILES string of the molecule is CCCCCCCCCCCCCCCC(CC)OC(=O)[C@@H]1CCC(=O)N1.